The molecule has 0 unspecified atom stereocenters. The van der Waals surface area contributed by atoms with E-state index in [-0.39, 0.29) is 18.2 Å². The summed E-state index contributed by atoms with van der Waals surface area (Å²) < 4.78 is 12.0. The van der Waals surface area contributed by atoms with E-state index < -0.39 is 5.60 Å². The molecule has 1 fully saturated rings. The van der Waals surface area contributed by atoms with Gasteiger partial charge in [0.25, 0.3) is 0 Å². The van der Waals surface area contributed by atoms with Crippen LogP contribution in [-0.2, 0) is 9.47 Å². The van der Waals surface area contributed by atoms with Crippen LogP contribution in [0.25, 0.3) is 0 Å². The van der Waals surface area contributed by atoms with Crippen molar-refractivity contribution in [3.63, 3.8) is 0 Å². The number of rotatable bonds is 2. The number of amides is 1. The number of benzene rings is 1. The average molecular weight is 431 g/mol. The van der Waals surface area contributed by atoms with Crippen molar-refractivity contribution in [1.29, 1.82) is 0 Å². The van der Waals surface area contributed by atoms with E-state index in [9.17, 15) is 9.59 Å². The van der Waals surface area contributed by atoms with Crippen LogP contribution in [0, 0.1) is 3.57 Å². The van der Waals surface area contributed by atoms with E-state index in [2.05, 4.69) is 22.6 Å². The first-order valence-electron chi connectivity index (χ1n) is 7.69. The van der Waals surface area contributed by atoms with Gasteiger partial charge in [-0.2, -0.15) is 0 Å². The molecule has 1 aromatic carbocycles. The Morgan fingerprint density at radius 1 is 1.13 bits per heavy atom. The van der Waals surface area contributed by atoms with E-state index >= 15 is 0 Å². The van der Waals surface area contributed by atoms with Crippen LogP contribution in [0.5, 0.6) is 0 Å². The fourth-order valence-electron chi connectivity index (χ4n) is 2.29. The van der Waals surface area contributed by atoms with E-state index in [1.165, 1.54) is 0 Å². The summed E-state index contributed by atoms with van der Waals surface area (Å²) in [6, 6.07) is 7.28. The van der Waals surface area contributed by atoms with Crippen LogP contribution in [0.4, 0.5) is 4.79 Å². The van der Waals surface area contributed by atoms with Gasteiger partial charge in [0.15, 0.2) is 0 Å². The van der Waals surface area contributed by atoms with Crippen molar-refractivity contribution in [3.8, 4) is 0 Å². The minimum absolute atomic E-state index is 0.152. The highest BCUT2D eigenvalue weighted by atomic mass is 127. The zero-order valence-corrected chi connectivity index (χ0v) is 15.8. The smallest absolute Gasteiger partial charge is 0.410 e. The van der Waals surface area contributed by atoms with Crippen molar-refractivity contribution in [1.82, 2.24) is 4.90 Å². The Kier molecular flexibility index (Phi) is 5.89. The molecule has 23 heavy (non-hydrogen) atoms. The van der Waals surface area contributed by atoms with Gasteiger partial charge in [0.1, 0.15) is 11.7 Å². The number of esters is 1. The number of carbonyl (C=O) groups excluding carboxylic acids is 2. The van der Waals surface area contributed by atoms with Crippen molar-refractivity contribution in [2.75, 3.05) is 13.1 Å². The molecule has 0 saturated carbocycles. The molecule has 0 N–H and O–H groups in total. The lowest BCUT2D eigenvalue weighted by atomic mass is 10.1. The molecular formula is C17H22INO4. The van der Waals surface area contributed by atoms with Gasteiger partial charge in [-0.05, 0) is 67.6 Å². The van der Waals surface area contributed by atoms with E-state index in [0.29, 0.717) is 31.5 Å². The summed E-state index contributed by atoms with van der Waals surface area (Å²) in [5, 5.41) is 0. The number of hydrogen-bond donors (Lipinski definition) is 0. The molecule has 0 spiro atoms. The van der Waals surface area contributed by atoms with Crippen LogP contribution in [-0.4, -0.2) is 41.8 Å². The first kappa shape index (κ1) is 18.0. The van der Waals surface area contributed by atoms with Gasteiger partial charge < -0.3 is 14.4 Å². The van der Waals surface area contributed by atoms with Gasteiger partial charge in [-0.15, -0.1) is 0 Å². The largest absolute Gasteiger partial charge is 0.459 e. The van der Waals surface area contributed by atoms with Gasteiger partial charge in [0.2, 0.25) is 0 Å². The van der Waals surface area contributed by atoms with E-state index in [0.717, 1.165) is 3.57 Å². The number of ether oxygens (including phenoxy) is 2. The van der Waals surface area contributed by atoms with Gasteiger partial charge in [0.05, 0.1) is 5.56 Å². The summed E-state index contributed by atoms with van der Waals surface area (Å²) >= 11 is 2.19. The fourth-order valence-corrected chi connectivity index (χ4v) is 2.65. The van der Waals surface area contributed by atoms with Gasteiger partial charge in [0, 0.05) is 29.5 Å². The molecule has 126 valence electrons. The number of hydrogen-bond acceptors (Lipinski definition) is 4. The first-order valence-corrected chi connectivity index (χ1v) is 8.77. The normalized spacial score (nSPS) is 16.1. The number of carbonyl (C=O) groups is 2. The van der Waals surface area contributed by atoms with Crippen LogP contribution in [0.3, 0.4) is 0 Å². The van der Waals surface area contributed by atoms with E-state index in [1.54, 1.807) is 17.0 Å². The van der Waals surface area contributed by atoms with Crippen LogP contribution < -0.4 is 0 Å². The molecule has 6 heteroatoms. The molecule has 0 aromatic heterocycles. The molecular weight excluding hydrogens is 409 g/mol. The molecule has 1 aromatic rings. The Labute approximate surface area is 150 Å². The monoisotopic (exact) mass is 431 g/mol. The molecule has 0 aliphatic carbocycles. The van der Waals surface area contributed by atoms with Crippen molar-refractivity contribution >= 4 is 34.7 Å². The highest BCUT2D eigenvalue weighted by Gasteiger charge is 2.28. The van der Waals surface area contributed by atoms with Crippen LogP contribution in [0.1, 0.15) is 44.0 Å². The Balaban J connectivity index is 1.81. The fraction of sp³-hybridized carbons (Fsp3) is 0.529. The second-order valence-corrected chi connectivity index (χ2v) is 7.82. The van der Waals surface area contributed by atoms with Crippen molar-refractivity contribution in [2.24, 2.45) is 0 Å². The number of nitrogens with zero attached hydrogens (tertiary/aromatic N) is 1. The number of piperidine rings is 1. The molecule has 1 aliphatic heterocycles. The maximum atomic E-state index is 12.1. The first-order chi connectivity index (χ1) is 10.7. The zero-order chi connectivity index (χ0) is 17.0. The second-order valence-electron chi connectivity index (χ2n) is 6.58. The molecule has 0 bridgehead atoms. The third kappa shape index (κ3) is 5.67. The third-order valence-electron chi connectivity index (χ3n) is 3.45. The topological polar surface area (TPSA) is 55.8 Å². The standard InChI is InChI=1S/C17H22INO4/c1-17(2,3)23-16(21)19-10-8-14(9-11-19)22-15(20)12-4-6-13(18)7-5-12/h4-7,14H,8-11H2,1-3H3. The summed E-state index contributed by atoms with van der Waals surface area (Å²) in [5.74, 6) is -0.308. The van der Waals surface area contributed by atoms with Crippen molar-refractivity contribution < 1.29 is 19.1 Å². The van der Waals surface area contributed by atoms with Gasteiger partial charge in [-0.25, -0.2) is 9.59 Å². The molecule has 1 aliphatic rings. The van der Waals surface area contributed by atoms with Crippen LogP contribution >= 0.6 is 22.6 Å². The summed E-state index contributed by atoms with van der Waals surface area (Å²) in [4.78, 5) is 25.8. The third-order valence-corrected chi connectivity index (χ3v) is 4.17. The Morgan fingerprint density at radius 3 is 2.22 bits per heavy atom. The summed E-state index contributed by atoms with van der Waals surface area (Å²) in [7, 11) is 0. The maximum Gasteiger partial charge on any atom is 0.410 e. The summed E-state index contributed by atoms with van der Waals surface area (Å²) in [6.07, 6.45) is 0.811. The van der Waals surface area contributed by atoms with E-state index in [4.69, 9.17) is 9.47 Å². The molecule has 1 saturated heterocycles. The van der Waals surface area contributed by atoms with Crippen LogP contribution in [0.15, 0.2) is 24.3 Å². The lowest BCUT2D eigenvalue weighted by Crippen LogP contribution is -2.43. The highest BCUT2D eigenvalue weighted by Crippen LogP contribution is 2.19. The maximum absolute atomic E-state index is 12.1. The summed E-state index contributed by atoms with van der Waals surface area (Å²) in [5.41, 5.74) is 0.0607. The quantitative estimate of drug-likeness (QED) is 0.528. The summed E-state index contributed by atoms with van der Waals surface area (Å²) in [6.45, 7) is 6.63. The van der Waals surface area contributed by atoms with Crippen molar-refractivity contribution in [3.05, 3.63) is 33.4 Å². The van der Waals surface area contributed by atoms with Gasteiger partial charge in [-0.3, -0.25) is 0 Å². The zero-order valence-electron chi connectivity index (χ0n) is 13.7. The Morgan fingerprint density at radius 2 is 1.70 bits per heavy atom. The Hall–Kier alpha value is -1.31. The predicted octanol–water partition coefficient (Wildman–Crippen LogP) is 3.85. The van der Waals surface area contributed by atoms with Gasteiger partial charge >= 0.3 is 12.1 Å². The second kappa shape index (κ2) is 7.51. The number of likely N-dealkylation sites (tertiary alicyclic amines) is 1. The molecule has 1 heterocycles. The lowest BCUT2D eigenvalue weighted by Gasteiger charge is -2.33. The molecule has 2 rings (SSSR count). The minimum Gasteiger partial charge on any atom is -0.459 e. The minimum atomic E-state index is -0.495. The molecule has 0 atom stereocenters. The number of halogens is 1. The van der Waals surface area contributed by atoms with E-state index in [1.807, 2.05) is 32.9 Å². The SMILES string of the molecule is CC(C)(C)OC(=O)N1CCC(OC(=O)c2ccc(I)cc2)CC1. The molecule has 5 nitrogen and oxygen atoms in total. The van der Waals surface area contributed by atoms with Crippen LogP contribution in [0.2, 0.25) is 0 Å². The average Bonchev–Trinajstić information content (AvgIpc) is 2.46. The van der Waals surface area contributed by atoms with Crippen molar-refractivity contribution in [2.45, 2.75) is 45.3 Å². The molecule has 0 radical (unpaired) electrons. The van der Waals surface area contributed by atoms with Gasteiger partial charge in [-0.1, -0.05) is 0 Å². The lowest BCUT2D eigenvalue weighted by molar-refractivity contribution is -0.00340. The molecule has 1 amide bonds. The predicted molar refractivity (Wildman–Crippen MR) is 95.4 cm³/mol. The Bertz CT molecular complexity index is 557. The highest BCUT2D eigenvalue weighted by molar-refractivity contribution is 14.1.